The van der Waals surface area contributed by atoms with Gasteiger partial charge in [-0.2, -0.15) is 0 Å². The van der Waals surface area contributed by atoms with E-state index in [0.717, 1.165) is 32.2 Å². The molecule has 2 aliphatic rings. The Morgan fingerprint density at radius 2 is 1.79 bits per heavy atom. The van der Waals surface area contributed by atoms with Gasteiger partial charge in [-0.25, -0.2) is 0 Å². The van der Waals surface area contributed by atoms with Crippen LogP contribution in [0, 0.1) is 0 Å². The average molecular weight is 196 g/mol. The van der Waals surface area contributed by atoms with Crippen molar-refractivity contribution in [3.8, 4) is 0 Å². The molecule has 3 heteroatoms. The van der Waals surface area contributed by atoms with Gasteiger partial charge in [-0.1, -0.05) is 0 Å². The van der Waals surface area contributed by atoms with Crippen LogP contribution in [0.5, 0.6) is 0 Å². The molecule has 1 heterocycles. The third-order valence-electron chi connectivity index (χ3n) is 3.90. The van der Waals surface area contributed by atoms with Gasteiger partial charge in [0.15, 0.2) is 0 Å². The van der Waals surface area contributed by atoms with Gasteiger partial charge < -0.3 is 5.73 Å². The molecule has 0 atom stereocenters. The van der Waals surface area contributed by atoms with E-state index in [4.69, 9.17) is 5.73 Å². The van der Waals surface area contributed by atoms with Crippen LogP contribution in [0.4, 0.5) is 0 Å². The quantitative estimate of drug-likeness (QED) is 0.714. The summed E-state index contributed by atoms with van der Waals surface area (Å²) in [5, 5.41) is 0. The number of nitrogens with two attached hydrogens (primary N) is 1. The Morgan fingerprint density at radius 3 is 2.29 bits per heavy atom. The fraction of sp³-hybridized carbons (Fsp3) is 0.909. The number of carbonyl (C=O) groups excluding carboxylic acids is 1. The van der Waals surface area contributed by atoms with E-state index in [9.17, 15) is 4.79 Å². The molecule has 2 fully saturated rings. The molecule has 0 aromatic rings. The standard InChI is InChI=1S/C11H20N2O/c12-9-11(13-7-1-2-8-13)5-3-10(14)4-6-11/h1-9,12H2. The molecule has 2 rings (SSSR count). The summed E-state index contributed by atoms with van der Waals surface area (Å²) in [6, 6.07) is 0. The van der Waals surface area contributed by atoms with Crippen LogP contribution in [0.1, 0.15) is 38.5 Å². The Hall–Kier alpha value is -0.410. The van der Waals surface area contributed by atoms with E-state index in [1.54, 1.807) is 0 Å². The van der Waals surface area contributed by atoms with Gasteiger partial charge in [0.25, 0.3) is 0 Å². The summed E-state index contributed by atoms with van der Waals surface area (Å²) in [6.07, 6.45) is 6.07. The van der Waals surface area contributed by atoms with Crippen LogP contribution >= 0.6 is 0 Å². The first kappa shape index (κ1) is 10.1. The Balaban J connectivity index is 2.05. The minimum absolute atomic E-state index is 0.171. The predicted octanol–water partition coefficient (Wildman–Crippen LogP) is 0.923. The van der Waals surface area contributed by atoms with Crippen molar-refractivity contribution >= 4 is 5.78 Å². The highest BCUT2D eigenvalue weighted by atomic mass is 16.1. The number of nitrogens with zero attached hydrogens (tertiary/aromatic N) is 1. The Labute approximate surface area is 85.6 Å². The average Bonchev–Trinajstić information content (AvgIpc) is 2.73. The molecule has 0 unspecified atom stereocenters. The largest absolute Gasteiger partial charge is 0.329 e. The lowest BCUT2D eigenvalue weighted by atomic mass is 9.80. The SMILES string of the molecule is NCC1(N2CCCC2)CCC(=O)CC1. The lowest BCUT2D eigenvalue weighted by molar-refractivity contribution is -0.122. The normalized spacial score (nSPS) is 28.2. The van der Waals surface area contributed by atoms with E-state index < -0.39 is 0 Å². The van der Waals surface area contributed by atoms with Crippen LogP contribution < -0.4 is 5.73 Å². The fourth-order valence-corrected chi connectivity index (χ4v) is 2.84. The molecule has 0 radical (unpaired) electrons. The molecule has 1 aliphatic carbocycles. The van der Waals surface area contributed by atoms with Crippen LogP contribution in [0.25, 0.3) is 0 Å². The van der Waals surface area contributed by atoms with Crippen molar-refractivity contribution < 1.29 is 4.79 Å². The van der Waals surface area contributed by atoms with Gasteiger partial charge in [0.1, 0.15) is 5.78 Å². The molecule has 80 valence electrons. The monoisotopic (exact) mass is 196 g/mol. The number of carbonyl (C=O) groups is 1. The van der Waals surface area contributed by atoms with Crippen LogP contribution in [0.3, 0.4) is 0 Å². The van der Waals surface area contributed by atoms with E-state index in [0.29, 0.717) is 5.78 Å². The van der Waals surface area contributed by atoms with E-state index in [1.807, 2.05) is 0 Å². The van der Waals surface area contributed by atoms with Crippen molar-refractivity contribution in [3.63, 3.8) is 0 Å². The first-order valence-corrected chi connectivity index (χ1v) is 5.74. The maximum atomic E-state index is 11.2. The lowest BCUT2D eigenvalue weighted by Crippen LogP contribution is -2.54. The third kappa shape index (κ3) is 1.71. The summed E-state index contributed by atoms with van der Waals surface area (Å²) in [7, 11) is 0. The molecule has 0 amide bonds. The maximum Gasteiger partial charge on any atom is 0.133 e. The second-order valence-electron chi connectivity index (χ2n) is 4.66. The number of likely N-dealkylation sites (tertiary alicyclic amines) is 1. The fourth-order valence-electron chi connectivity index (χ4n) is 2.84. The second kappa shape index (κ2) is 3.99. The number of ketones is 1. The number of rotatable bonds is 2. The highest BCUT2D eigenvalue weighted by Crippen LogP contribution is 2.33. The van der Waals surface area contributed by atoms with Crippen LogP contribution in [0.15, 0.2) is 0 Å². The first-order valence-electron chi connectivity index (χ1n) is 5.74. The van der Waals surface area contributed by atoms with E-state index in [2.05, 4.69) is 4.90 Å². The summed E-state index contributed by atoms with van der Waals surface area (Å²) in [5.74, 6) is 0.424. The number of hydrogen-bond donors (Lipinski definition) is 1. The molecule has 1 saturated carbocycles. The zero-order valence-corrected chi connectivity index (χ0v) is 8.80. The van der Waals surface area contributed by atoms with E-state index >= 15 is 0 Å². The van der Waals surface area contributed by atoms with Crippen molar-refractivity contribution in [3.05, 3.63) is 0 Å². The van der Waals surface area contributed by atoms with E-state index in [-0.39, 0.29) is 5.54 Å². The predicted molar refractivity (Wildman–Crippen MR) is 56.1 cm³/mol. The molecule has 14 heavy (non-hydrogen) atoms. The van der Waals surface area contributed by atoms with Gasteiger partial charge in [-0.05, 0) is 38.8 Å². The van der Waals surface area contributed by atoms with Gasteiger partial charge >= 0.3 is 0 Å². The number of hydrogen-bond acceptors (Lipinski definition) is 3. The molecule has 0 bridgehead atoms. The van der Waals surface area contributed by atoms with Crippen molar-refractivity contribution in [2.45, 2.75) is 44.1 Å². The zero-order valence-electron chi connectivity index (χ0n) is 8.80. The van der Waals surface area contributed by atoms with Gasteiger partial charge in [0.05, 0.1) is 0 Å². The zero-order chi connectivity index (χ0) is 10.0. The third-order valence-corrected chi connectivity index (χ3v) is 3.90. The highest BCUT2D eigenvalue weighted by Gasteiger charge is 2.39. The highest BCUT2D eigenvalue weighted by molar-refractivity contribution is 5.79. The van der Waals surface area contributed by atoms with Crippen LogP contribution in [0.2, 0.25) is 0 Å². The van der Waals surface area contributed by atoms with Crippen molar-refractivity contribution in [2.24, 2.45) is 5.73 Å². The molecule has 0 aromatic heterocycles. The Kier molecular flexibility index (Phi) is 2.88. The van der Waals surface area contributed by atoms with Gasteiger partial charge in [-0.3, -0.25) is 9.69 Å². The molecule has 3 nitrogen and oxygen atoms in total. The summed E-state index contributed by atoms with van der Waals surface area (Å²) in [6.45, 7) is 3.09. The molecule has 2 N–H and O–H groups in total. The Morgan fingerprint density at radius 1 is 1.21 bits per heavy atom. The summed E-state index contributed by atoms with van der Waals surface area (Å²) in [5.41, 5.74) is 6.08. The van der Waals surface area contributed by atoms with Gasteiger partial charge in [0.2, 0.25) is 0 Å². The smallest absolute Gasteiger partial charge is 0.133 e. The second-order valence-corrected chi connectivity index (χ2v) is 4.66. The molecular formula is C11H20N2O. The van der Waals surface area contributed by atoms with Crippen molar-refractivity contribution in [1.29, 1.82) is 0 Å². The topological polar surface area (TPSA) is 46.3 Å². The summed E-state index contributed by atoms with van der Waals surface area (Å²) in [4.78, 5) is 13.7. The number of Topliss-reactive ketones (excluding diaryl/α,β-unsaturated/α-hetero) is 1. The van der Waals surface area contributed by atoms with Gasteiger partial charge in [0, 0.05) is 24.9 Å². The van der Waals surface area contributed by atoms with Crippen molar-refractivity contribution in [1.82, 2.24) is 4.90 Å². The van der Waals surface area contributed by atoms with Crippen LogP contribution in [-0.4, -0.2) is 35.9 Å². The van der Waals surface area contributed by atoms with Gasteiger partial charge in [-0.15, -0.1) is 0 Å². The molecule has 1 aliphatic heterocycles. The lowest BCUT2D eigenvalue weighted by Gasteiger charge is -2.43. The van der Waals surface area contributed by atoms with E-state index in [1.165, 1.54) is 25.9 Å². The van der Waals surface area contributed by atoms with Crippen LogP contribution in [-0.2, 0) is 4.79 Å². The molecule has 1 saturated heterocycles. The molecule has 0 aromatic carbocycles. The molecular weight excluding hydrogens is 176 g/mol. The van der Waals surface area contributed by atoms with Crippen molar-refractivity contribution in [2.75, 3.05) is 19.6 Å². The summed E-state index contributed by atoms with van der Waals surface area (Å²) < 4.78 is 0. The minimum Gasteiger partial charge on any atom is -0.329 e. The first-order chi connectivity index (χ1) is 6.77. The minimum atomic E-state index is 0.171. The Bertz CT molecular complexity index is 211. The molecule has 0 spiro atoms. The maximum absolute atomic E-state index is 11.2. The summed E-state index contributed by atoms with van der Waals surface area (Å²) >= 11 is 0.